The molecule has 246 valence electrons. The Kier molecular flexibility index (Phi) is 8.24. The summed E-state index contributed by atoms with van der Waals surface area (Å²) in [6, 6.07) is 78.2. The lowest BCUT2D eigenvalue weighted by Gasteiger charge is -2.30. The first-order valence-corrected chi connectivity index (χ1v) is 17.8. The maximum absolute atomic E-state index is 2.40. The highest BCUT2D eigenvalue weighted by atomic mass is 15.2. The molecule has 0 aliphatic rings. The predicted molar refractivity (Wildman–Crippen MR) is 222 cm³/mol. The van der Waals surface area contributed by atoms with Gasteiger partial charge in [0, 0.05) is 33.9 Å². The largest absolute Gasteiger partial charge is 0.310 e. The predicted octanol–water partition coefficient (Wildman–Crippen LogP) is 14.3. The molecule has 9 rings (SSSR count). The number of para-hydroxylation sites is 4. The number of anilines is 6. The number of nitrogens with zero attached hydrogens (tertiary/aromatic N) is 2. The summed E-state index contributed by atoms with van der Waals surface area (Å²) in [5.74, 6) is 0. The van der Waals surface area contributed by atoms with Crippen LogP contribution in [-0.4, -0.2) is 0 Å². The number of rotatable bonds is 8. The monoisotopic (exact) mass is 664 g/mol. The van der Waals surface area contributed by atoms with Crippen LogP contribution in [-0.2, 0) is 0 Å². The highest BCUT2D eigenvalue weighted by molar-refractivity contribution is 6.11. The minimum atomic E-state index is 1.09. The number of hydrogen-bond donors (Lipinski definition) is 0. The van der Waals surface area contributed by atoms with E-state index in [0.29, 0.717) is 0 Å². The second-order valence-corrected chi connectivity index (χ2v) is 12.9. The highest BCUT2D eigenvalue weighted by Gasteiger charge is 2.22. The molecule has 0 N–H and O–H groups in total. The average Bonchev–Trinajstić information content (AvgIpc) is 3.22. The van der Waals surface area contributed by atoms with Crippen LogP contribution < -0.4 is 9.80 Å². The number of benzene rings is 9. The van der Waals surface area contributed by atoms with Gasteiger partial charge in [0.15, 0.2) is 0 Å². The minimum absolute atomic E-state index is 1.09. The Morgan fingerprint density at radius 1 is 0.250 bits per heavy atom. The van der Waals surface area contributed by atoms with Gasteiger partial charge in [-0.3, -0.25) is 0 Å². The van der Waals surface area contributed by atoms with Crippen LogP contribution in [0.5, 0.6) is 0 Å². The van der Waals surface area contributed by atoms with Crippen LogP contribution in [0, 0.1) is 0 Å². The fraction of sp³-hybridized carbons (Fsp3) is 0. The highest BCUT2D eigenvalue weighted by Crippen LogP contribution is 2.47. The normalized spacial score (nSPS) is 11.1. The molecule has 0 fully saturated rings. The van der Waals surface area contributed by atoms with Crippen molar-refractivity contribution in [3.8, 4) is 22.3 Å². The third-order valence-electron chi connectivity index (χ3n) is 9.83. The topological polar surface area (TPSA) is 6.48 Å². The van der Waals surface area contributed by atoms with Crippen LogP contribution in [0.1, 0.15) is 0 Å². The third kappa shape index (κ3) is 5.77. The molecule has 2 nitrogen and oxygen atoms in total. The molecule has 0 aliphatic heterocycles. The molecular weight excluding hydrogens is 629 g/mol. The zero-order valence-corrected chi connectivity index (χ0v) is 28.7. The Bertz CT molecular complexity index is 2570. The van der Waals surface area contributed by atoms with Gasteiger partial charge in [-0.25, -0.2) is 0 Å². The summed E-state index contributed by atoms with van der Waals surface area (Å²) in [5.41, 5.74) is 11.4. The first-order chi connectivity index (χ1) is 25.8. The Balaban J connectivity index is 1.21. The van der Waals surface area contributed by atoms with E-state index in [1.807, 2.05) is 0 Å². The van der Waals surface area contributed by atoms with Gasteiger partial charge in [0.1, 0.15) is 0 Å². The standard InChI is InChI=1S/C50H36N2/c1-4-20-40(21-5-1)51(41-22-6-2-7-23-41)48-30-15-14-27-45(48)39-31-34-43(35-32-39)52(42-24-8-3-9-25-42)49-36-33-38-18-11-13-28-46(38)50(49)47-29-16-19-37-17-10-12-26-44(37)47/h1-36H. The van der Waals surface area contributed by atoms with E-state index < -0.39 is 0 Å². The van der Waals surface area contributed by atoms with E-state index in [9.17, 15) is 0 Å². The summed E-state index contributed by atoms with van der Waals surface area (Å²) < 4.78 is 0. The second-order valence-electron chi connectivity index (χ2n) is 12.9. The van der Waals surface area contributed by atoms with Crippen molar-refractivity contribution in [2.45, 2.75) is 0 Å². The molecule has 0 heterocycles. The first kappa shape index (κ1) is 31.1. The van der Waals surface area contributed by atoms with E-state index >= 15 is 0 Å². The van der Waals surface area contributed by atoms with E-state index in [1.54, 1.807) is 0 Å². The quantitative estimate of drug-likeness (QED) is 0.159. The van der Waals surface area contributed by atoms with Crippen molar-refractivity contribution >= 4 is 55.7 Å². The molecule has 52 heavy (non-hydrogen) atoms. The van der Waals surface area contributed by atoms with Crippen LogP contribution in [0.3, 0.4) is 0 Å². The maximum atomic E-state index is 2.40. The Morgan fingerprint density at radius 2 is 0.692 bits per heavy atom. The van der Waals surface area contributed by atoms with Crippen LogP contribution in [0.2, 0.25) is 0 Å². The van der Waals surface area contributed by atoms with Crippen molar-refractivity contribution < 1.29 is 0 Å². The smallest absolute Gasteiger partial charge is 0.0546 e. The van der Waals surface area contributed by atoms with E-state index in [-0.39, 0.29) is 0 Å². The molecule has 0 saturated carbocycles. The van der Waals surface area contributed by atoms with Crippen LogP contribution >= 0.6 is 0 Å². The molecular formula is C50H36N2. The lowest BCUT2D eigenvalue weighted by atomic mass is 9.91. The number of fused-ring (bicyclic) bond motifs is 2. The fourth-order valence-corrected chi connectivity index (χ4v) is 7.46. The van der Waals surface area contributed by atoms with Gasteiger partial charge in [-0.2, -0.15) is 0 Å². The summed E-state index contributed by atoms with van der Waals surface area (Å²) in [6.07, 6.45) is 0. The molecule has 0 aliphatic carbocycles. The van der Waals surface area contributed by atoms with Crippen molar-refractivity contribution in [1.82, 2.24) is 0 Å². The van der Waals surface area contributed by atoms with Gasteiger partial charge < -0.3 is 9.80 Å². The van der Waals surface area contributed by atoms with Crippen molar-refractivity contribution in [3.63, 3.8) is 0 Å². The maximum Gasteiger partial charge on any atom is 0.0546 e. The lowest BCUT2D eigenvalue weighted by molar-refractivity contribution is 1.28. The second kappa shape index (κ2) is 13.8. The summed E-state index contributed by atoms with van der Waals surface area (Å²) in [4.78, 5) is 4.74. The molecule has 0 atom stereocenters. The molecule has 0 spiro atoms. The van der Waals surface area contributed by atoms with E-state index in [1.165, 1.54) is 32.7 Å². The Morgan fingerprint density at radius 3 is 1.33 bits per heavy atom. The number of hydrogen-bond acceptors (Lipinski definition) is 2. The van der Waals surface area contributed by atoms with Crippen molar-refractivity contribution in [3.05, 3.63) is 218 Å². The fourth-order valence-electron chi connectivity index (χ4n) is 7.46. The van der Waals surface area contributed by atoms with Crippen molar-refractivity contribution in [2.75, 3.05) is 9.80 Å². The SMILES string of the molecule is c1ccc(N(c2ccccc2)c2ccccc2-c2ccc(N(c3ccccc3)c3ccc4ccccc4c3-c3cccc4ccccc34)cc2)cc1. The summed E-state index contributed by atoms with van der Waals surface area (Å²) >= 11 is 0. The molecule has 0 unspecified atom stereocenters. The molecule has 9 aromatic carbocycles. The summed E-state index contributed by atoms with van der Waals surface area (Å²) in [5, 5.41) is 4.91. The molecule has 9 aromatic rings. The van der Waals surface area contributed by atoms with Gasteiger partial charge in [-0.05, 0) is 93.3 Å². The minimum Gasteiger partial charge on any atom is -0.310 e. The molecule has 0 amide bonds. The van der Waals surface area contributed by atoms with Crippen molar-refractivity contribution in [1.29, 1.82) is 0 Å². The van der Waals surface area contributed by atoms with Gasteiger partial charge in [0.05, 0.1) is 11.4 Å². The van der Waals surface area contributed by atoms with Gasteiger partial charge in [0.2, 0.25) is 0 Å². The van der Waals surface area contributed by atoms with Gasteiger partial charge in [-0.1, -0.05) is 158 Å². The van der Waals surface area contributed by atoms with Crippen LogP contribution in [0.25, 0.3) is 43.8 Å². The first-order valence-electron chi connectivity index (χ1n) is 17.8. The van der Waals surface area contributed by atoms with Crippen LogP contribution in [0.15, 0.2) is 218 Å². The van der Waals surface area contributed by atoms with Crippen LogP contribution in [0.4, 0.5) is 34.1 Å². The van der Waals surface area contributed by atoms with E-state index in [0.717, 1.165) is 45.3 Å². The Labute approximate surface area is 305 Å². The van der Waals surface area contributed by atoms with Gasteiger partial charge in [-0.15, -0.1) is 0 Å². The molecule has 0 radical (unpaired) electrons. The van der Waals surface area contributed by atoms with Gasteiger partial charge >= 0.3 is 0 Å². The molecule has 0 bridgehead atoms. The molecule has 0 aromatic heterocycles. The summed E-state index contributed by atoms with van der Waals surface area (Å²) in [6.45, 7) is 0. The third-order valence-corrected chi connectivity index (χ3v) is 9.83. The van der Waals surface area contributed by atoms with E-state index in [2.05, 4.69) is 228 Å². The molecule has 2 heteroatoms. The Hall–Kier alpha value is -6.90. The zero-order valence-electron chi connectivity index (χ0n) is 28.7. The average molecular weight is 665 g/mol. The zero-order chi connectivity index (χ0) is 34.7. The lowest BCUT2D eigenvalue weighted by Crippen LogP contribution is -2.12. The van der Waals surface area contributed by atoms with Crippen molar-refractivity contribution in [2.24, 2.45) is 0 Å². The van der Waals surface area contributed by atoms with E-state index in [4.69, 9.17) is 0 Å². The van der Waals surface area contributed by atoms with Gasteiger partial charge in [0.25, 0.3) is 0 Å². The summed E-state index contributed by atoms with van der Waals surface area (Å²) in [7, 11) is 0. The molecule has 0 saturated heterocycles.